The van der Waals surface area contributed by atoms with Gasteiger partial charge in [0.15, 0.2) is 0 Å². The van der Waals surface area contributed by atoms with E-state index >= 15 is 0 Å². The Kier molecular flexibility index (Phi) is 7.45. The summed E-state index contributed by atoms with van der Waals surface area (Å²) in [5.74, 6) is 0.375. The zero-order valence-corrected chi connectivity index (χ0v) is 16.1. The lowest BCUT2D eigenvalue weighted by molar-refractivity contribution is -0.133. The molecule has 1 aromatic rings. The summed E-state index contributed by atoms with van der Waals surface area (Å²) in [7, 11) is 0. The smallest absolute Gasteiger partial charge is 0.410 e. The van der Waals surface area contributed by atoms with E-state index < -0.39 is 6.04 Å². The monoisotopic (exact) mass is 361 g/mol. The summed E-state index contributed by atoms with van der Waals surface area (Å²) in [5.41, 5.74) is 6.98. The average molecular weight is 361 g/mol. The first kappa shape index (κ1) is 20.2. The van der Waals surface area contributed by atoms with E-state index in [4.69, 9.17) is 10.5 Å². The van der Waals surface area contributed by atoms with Crippen LogP contribution in [0.1, 0.15) is 32.8 Å². The van der Waals surface area contributed by atoms with Crippen LogP contribution in [0.5, 0.6) is 0 Å². The fourth-order valence-corrected chi connectivity index (χ4v) is 3.14. The molecule has 0 aliphatic carbocycles. The normalized spacial score (nSPS) is 18.0. The van der Waals surface area contributed by atoms with Crippen molar-refractivity contribution in [2.24, 2.45) is 17.6 Å². The van der Waals surface area contributed by atoms with Gasteiger partial charge in [-0.15, -0.1) is 0 Å². The molecule has 1 fully saturated rings. The van der Waals surface area contributed by atoms with E-state index in [-0.39, 0.29) is 30.4 Å². The van der Waals surface area contributed by atoms with Crippen molar-refractivity contribution in [1.82, 2.24) is 9.80 Å². The Bertz CT molecular complexity index is 591. The minimum Gasteiger partial charge on any atom is -0.445 e. The maximum absolute atomic E-state index is 12.5. The van der Waals surface area contributed by atoms with Gasteiger partial charge in [0.1, 0.15) is 6.61 Å². The van der Waals surface area contributed by atoms with Gasteiger partial charge in [0.05, 0.1) is 6.04 Å². The number of nitrogens with zero attached hydrogens (tertiary/aromatic N) is 2. The van der Waals surface area contributed by atoms with Crippen molar-refractivity contribution < 1.29 is 14.3 Å². The zero-order chi connectivity index (χ0) is 19.1. The molecule has 6 heteroatoms. The molecule has 1 saturated heterocycles. The SMILES string of the molecule is CCN(CC1CCN(C(=O)OCc2ccccc2)C1)C(=O)[C@@H](N)C(C)C. The molecule has 2 amide bonds. The summed E-state index contributed by atoms with van der Waals surface area (Å²) in [6.45, 7) is 8.71. The molecule has 0 radical (unpaired) electrons. The number of rotatable bonds is 7. The number of carbonyl (C=O) groups is 2. The second kappa shape index (κ2) is 9.57. The molecular weight excluding hydrogens is 330 g/mol. The number of benzene rings is 1. The summed E-state index contributed by atoms with van der Waals surface area (Å²) < 4.78 is 5.40. The Morgan fingerprint density at radius 1 is 1.31 bits per heavy atom. The molecule has 0 aromatic heterocycles. The Labute approximate surface area is 156 Å². The summed E-state index contributed by atoms with van der Waals surface area (Å²) in [5, 5.41) is 0. The third-order valence-corrected chi connectivity index (χ3v) is 4.92. The van der Waals surface area contributed by atoms with Crippen LogP contribution in [0.25, 0.3) is 0 Å². The number of hydrogen-bond acceptors (Lipinski definition) is 4. The first-order valence-corrected chi connectivity index (χ1v) is 9.42. The van der Waals surface area contributed by atoms with E-state index in [2.05, 4.69) is 0 Å². The Morgan fingerprint density at radius 3 is 2.62 bits per heavy atom. The van der Waals surface area contributed by atoms with Crippen molar-refractivity contribution in [1.29, 1.82) is 0 Å². The highest BCUT2D eigenvalue weighted by Crippen LogP contribution is 2.19. The summed E-state index contributed by atoms with van der Waals surface area (Å²) in [4.78, 5) is 28.3. The van der Waals surface area contributed by atoms with Gasteiger partial charge in [-0.25, -0.2) is 4.79 Å². The maximum Gasteiger partial charge on any atom is 0.410 e. The second-order valence-electron chi connectivity index (χ2n) is 7.29. The highest BCUT2D eigenvalue weighted by atomic mass is 16.6. The number of nitrogens with two attached hydrogens (primary N) is 1. The maximum atomic E-state index is 12.5. The molecule has 2 rings (SSSR count). The third kappa shape index (κ3) is 5.46. The number of amides is 2. The lowest BCUT2D eigenvalue weighted by Crippen LogP contribution is -2.48. The summed E-state index contributed by atoms with van der Waals surface area (Å²) in [6, 6.07) is 9.18. The van der Waals surface area contributed by atoms with Crippen molar-refractivity contribution >= 4 is 12.0 Å². The van der Waals surface area contributed by atoms with Gasteiger partial charge in [0.25, 0.3) is 0 Å². The van der Waals surface area contributed by atoms with E-state index in [1.54, 1.807) is 4.90 Å². The van der Waals surface area contributed by atoms with Crippen LogP contribution >= 0.6 is 0 Å². The third-order valence-electron chi connectivity index (χ3n) is 4.92. The van der Waals surface area contributed by atoms with Crippen molar-refractivity contribution in [3.63, 3.8) is 0 Å². The lowest BCUT2D eigenvalue weighted by Gasteiger charge is -2.28. The van der Waals surface area contributed by atoms with Gasteiger partial charge in [-0.3, -0.25) is 4.79 Å². The predicted molar refractivity (Wildman–Crippen MR) is 101 cm³/mol. The van der Waals surface area contributed by atoms with Crippen LogP contribution in [-0.2, 0) is 16.1 Å². The van der Waals surface area contributed by atoms with Crippen LogP contribution in [0, 0.1) is 11.8 Å². The fourth-order valence-electron chi connectivity index (χ4n) is 3.14. The molecule has 1 heterocycles. The number of carbonyl (C=O) groups excluding carboxylic acids is 2. The number of ether oxygens (including phenoxy) is 1. The van der Waals surface area contributed by atoms with E-state index in [0.717, 1.165) is 12.0 Å². The molecule has 144 valence electrons. The molecule has 2 N–H and O–H groups in total. The summed E-state index contributed by atoms with van der Waals surface area (Å²) in [6.07, 6.45) is 0.589. The predicted octanol–water partition coefficient (Wildman–Crippen LogP) is 2.48. The summed E-state index contributed by atoms with van der Waals surface area (Å²) >= 11 is 0. The van der Waals surface area contributed by atoms with Gasteiger partial charge < -0.3 is 20.3 Å². The van der Waals surface area contributed by atoms with Crippen LogP contribution in [0.4, 0.5) is 4.79 Å². The van der Waals surface area contributed by atoms with E-state index in [1.165, 1.54) is 0 Å². The van der Waals surface area contributed by atoms with Gasteiger partial charge in [0, 0.05) is 26.2 Å². The first-order chi connectivity index (χ1) is 12.4. The molecule has 26 heavy (non-hydrogen) atoms. The van der Waals surface area contributed by atoms with Crippen molar-refractivity contribution in [3.8, 4) is 0 Å². The topological polar surface area (TPSA) is 75.9 Å². The van der Waals surface area contributed by atoms with Gasteiger partial charge in [0.2, 0.25) is 5.91 Å². The second-order valence-corrected chi connectivity index (χ2v) is 7.29. The molecule has 0 saturated carbocycles. The van der Waals surface area contributed by atoms with Gasteiger partial charge in [-0.2, -0.15) is 0 Å². The van der Waals surface area contributed by atoms with Crippen LogP contribution in [0.2, 0.25) is 0 Å². The molecule has 2 atom stereocenters. The Balaban J connectivity index is 1.81. The Hall–Kier alpha value is -2.08. The lowest BCUT2D eigenvalue weighted by atomic mass is 10.0. The van der Waals surface area contributed by atoms with Crippen LogP contribution < -0.4 is 5.73 Å². The highest BCUT2D eigenvalue weighted by Gasteiger charge is 2.31. The molecule has 1 aliphatic heterocycles. The van der Waals surface area contributed by atoms with Crippen LogP contribution in [0.3, 0.4) is 0 Å². The largest absolute Gasteiger partial charge is 0.445 e. The molecule has 1 unspecified atom stereocenters. The van der Waals surface area contributed by atoms with Gasteiger partial charge in [-0.05, 0) is 30.7 Å². The first-order valence-electron chi connectivity index (χ1n) is 9.42. The van der Waals surface area contributed by atoms with Crippen LogP contribution in [-0.4, -0.2) is 54.0 Å². The van der Waals surface area contributed by atoms with Crippen molar-refractivity contribution in [2.45, 2.75) is 39.8 Å². The number of hydrogen-bond donors (Lipinski definition) is 1. The minimum atomic E-state index is -0.469. The molecule has 6 nitrogen and oxygen atoms in total. The Morgan fingerprint density at radius 2 is 2.00 bits per heavy atom. The zero-order valence-electron chi connectivity index (χ0n) is 16.1. The van der Waals surface area contributed by atoms with Gasteiger partial charge >= 0.3 is 6.09 Å². The number of likely N-dealkylation sites (N-methyl/N-ethyl adjacent to an activating group) is 1. The van der Waals surface area contributed by atoms with E-state index in [9.17, 15) is 9.59 Å². The average Bonchev–Trinajstić information content (AvgIpc) is 3.12. The van der Waals surface area contributed by atoms with Crippen molar-refractivity contribution in [3.05, 3.63) is 35.9 Å². The quantitative estimate of drug-likeness (QED) is 0.809. The van der Waals surface area contributed by atoms with Crippen LogP contribution in [0.15, 0.2) is 30.3 Å². The number of likely N-dealkylation sites (tertiary alicyclic amines) is 1. The molecular formula is C20H31N3O3. The standard InChI is InChI=1S/C20H31N3O3/c1-4-22(19(24)18(21)15(2)3)12-17-10-11-23(13-17)20(25)26-14-16-8-6-5-7-9-16/h5-9,15,17-18H,4,10-14,21H2,1-3H3/t17?,18-/m0/s1. The molecule has 1 aromatic carbocycles. The highest BCUT2D eigenvalue weighted by molar-refractivity contribution is 5.81. The van der Waals surface area contributed by atoms with E-state index in [0.29, 0.717) is 26.2 Å². The van der Waals surface area contributed by atoms with Gasteiger partial charge in [-0.1, -0.05) is 44.2 Å². The molecule has 1 aliphatic rings. The van der Waals surface area contributed by atoms with E-state index in [1.807, 2.05) is 56.0 Å². The molecule has 0 bridgehead atoms. The minimum absolute atomic E-state index is 0.00685. The molecule has 0 spiro atoms. The van der Waals surface area contributed by atoms with Crippen molar-refractivity contribution in [2.75, 3.05) is 26.2 Å². The fraction of sp³-hybridized carbons (Fsp3) is 0.600.